The zero-order chi connectivity index (χ0) is 25.9. The van der Waals surface area contributed by atoms with E-state index in [1.54, 1.807) is 4.90 Å². The van der Waals surface area contributed by atoms with Crippen LogP contribution in [0.5, 0.6) is 5.75 Å². The zero-order valence-electron chi connectivity index (χ0n) is 21.7. The quantitative estimate of drug-likeness (QED) is 0.390. The number of nitrogens with two attached hydrogens (primary N) is 1. The lowest BCUT2D eigenvalue weighted by molar-refractivity contribution is -0.136. The maximum Gasteiger partial charge on any atom is 0.255 e. The van der Waals surface area contributed by atoms with Gasteiger partial charge in [-0.25, -0.2) is 0 Å². The molecule has 5 rings (SSSR count). The first-order valence-electron chi connectivity index (χ1n) is 13.1. The van der Waals surface area contributed by atoms with Crippen molar-refractivity contribution in [3.63, 3.8) is 0 Å². The number of nitrogens with one attached hydrogen (secondary N) is 1. The molecule has 1 unspecified atom stereocenters. The van der Waals surface area contributed by atoms with Crippen LogP contribution in [0.4, 0.5) is 5.69 Å². The number of halogens is 1. The number of carbonyl (C=O) groups is 3. The highest BCUT2D eigenvalue weighted by molar-refractivity contribution is 6.05. The highest BCUT2D eigenvalue weighted by Crippen LogP contribution is 2.31. The standard InChI is InChI=1S/C28H35N5O4.ClH/c1-19(29)20-4-2-5-23(17-20)37-15-3-10-31-11-13-32(14-12-31)22-6-7-24-21(16-22)18-33(28(24)36)25-8-9-26(34)30-27(25)35;/h2,4-7,16-17,19,25H,3,8-15,18,29H2,1H3,(H,30,34,35);1H/t19-,25?;/m1./s1. The number of piperazine rings is 1. The van der Waals surface area contributed by atoms with Crippen LogP contribution in [0.25, 0.3) is 0 Å². The Labute approximate surface area is 229 Å². The smallest absolute Gasteiger partial charge is 0.255 e. The van der Waals surface area contributed by atoms with Crippen LogP contribution in [-0.4, -0.2) is 72.9 Å². The molecule has 204 valence electrons. The minimum atomic E-state index is -0.582. The lowest BCUT2D eigenvalue weighted by Crippen LogP contribution is -2.52. The van der Waals surface area contributed by atoms with E-state index < -0.39 is 6.04 Å². The Kier molecular flexibility index (Phi) is 8.91. The normalized spacial score (nSPS) is 20.6. The van der Waals surface area contributed by atoms with Gasteiger partial charge in [-0.1, -0.05) is 12.1 Å². The van der Waals surface area contributed by atoms with Crippen LogP contribution in [0.2, 0.25) is 0 Å². The predicted molar refractivity (Wildman–Crippen MR) is 148 cm³/mol. The number of imide groups is 1. The summed E-state index contributed by atoms with van der Waals surface area (Å²) < 4.78 is 5.93. The first-order valence-corrected chi connectivity index (χ1v) is 13.1. The summed E-state index contributed by atoms with van der Waals surface area (Å²) in [5.41, 5.74) is 9.74. The second-order valence-electron chi connectivity index (χ2n) is 10.1. The minimum Gasteiger partial charge on any atom is -0.494 e. The molecule has 38 heavy (non-hydrogen) atoms. The summed E-state index contributed by atoms with van der Waals surface area (Å²) in [6.07, 6.45) is 1.60. The van der Waals surface area contributed by atoms with Gasteiger partial charge in [-0.2, -0.15) is 0 Å². The van der Waals surface area contributed by atoms with Gasteiger partial charge in [0.05, 0.1) is 6.61 Å². The SMILES string of the molecule is C[C@@H](N)c1cccc(OCCCN2CCN(c3ccc4c(c3)CN(C3CCC(=O)NC3=O)C4=O)CC2)c1.Cl. The average Bonchev–Trinajstić information content (AvgIpc) is 3.22. The fourth-order valence-electron chi connectivity index (χ4n) is 5.35. The maximum atomic E-state index is 12.9. The predicted octanol–water partition coefficient (Wildman–Crippen LogP) is 2.48. The molecule has 3 aliphatic heterocycles. The number of rotatable bonds is 8. The van der Waals surface area contributed by atoms with Crippen LogP contribution < -0.4 is 20.7 Å². The number of anilines is 1. The Morgan fingerprint density at radius 1 is 1.08 bits per heavy atom. The van der Waals surface area contributed by atoms with Gasteiger partial charge in [-0.15, -0.1) is 12.4 Å². The highest BCUT2D eigenvalue weighted by atomic mass is 35.5. The summed E-state index contributed by atoms with van der Waals surface area (Å²) in [6, 6.07) is 13.4. The van der Waals surface area contributed by atoms with Gasteiger partial charge in [0.25, 0.3) is 5.91 Å². The molecule has 0 radical (unpaired) electrons. The first kappa shape index (κ1) is 27.9. The molecule has 3 amide bonds. The van der Waals surface area contributed by atoms with Gasteiger partial charge >= 0.3 is 0 Å². The summed E-state index contributed by atoms with van der Waals surface area (Å²) >= 11 is 0. The maximum absolute atomic E-state index is 12.9. The van der Waals surface area contributed by atoms with Crippen molar-refractivity contribution in [2.75, 3.05) is 44.2 Å². The summed E-state index contributed by atoms with van der Waals surface area (Å²) in [7, 11) is 0. The molecule has 2 aromatic carbocycles. The van der Waals surface area contributed by atoms with E-state index in [9.17, 15) is 14.4 Å². The second-order valence-corrected chi connectivity index (χ2v) is 10.1. The number of hydrogen-bond donors (Lipinski definition) is 2. The van der Waals surface area contributed by atoms with Crippen molar-refractivity contribution in [1.29, 1.82) is 0 Å². The van der Waals surface area contributed by atoms with E-state index in [-0.39, 0.29) is 42.6 Å². The van der Waals surface area contributed by atoms with E-state index in [0.29, 0.717) is 25.1 Å². The molecular weight excluding hydrogens is 506 g/mol. The van der Waals surface area contributed by atoms with Gasteiger partial charge in [0.15, 0.2) is 0 Å². The highest BCUT2D eigenvalue weighted by Gasteiger charge is 2.39. The number of piperidine rings is 1. The van der Waals surface area contributed by atoms with Gasteiger partial charge in [-0.05, 0) is 61.2 Å². The van der Waals surface area contributed by atoms with Gasteiger partial charge in [0, 0.05) is 63.0 Å². The summed E-state index contributed by atoms with van der Waals surface area (Å²) in [4.78, 5) is 43.1. The zero-order valence-corrected chi connectivity index (χ0v) is 22.5. The molecule has 2 aromatic rings. The molecule has 9 nitrogen and oxygen atoms in total. The Bertz CT molecular complexity index is 1180. The Balaban J connectivity index is 0.00000336. The van der Waals surface area contributed by atoms with E-state index in [0.717, 1.165) is 61.7 Å². The Morgan fingerprint density at radius 2 is 1.87 bits per heavy atom. The third-order valence-corrected chi connectivity index (χ3v) is 7.52. The Hall–Kier alpha value is -3.14. The van der Waals surface area contributed by atoms with Crippen LogP contribution in [-0.2, 0) is 16.1 Å². The number of hydrogen-bond acceptors (Lipinski definition) is 7. The molecule has 0 aliphatic carbocycles. The van der Waals surface area contributed by atoms with Crippen LogP contribution in [0.15, 0.2) is 42.5 Å². The van der Waals surface area contributed by atoms with E-state index in [4.69, 9.17) is 10.5 Å². The molecule has 0 aromatic heterocycles. The molecular formula is C28H36ClN5O4. The van der Waals surface area contributed by atoms with E-state index in [2.05, 4.69) is 21.2 Å². The molecule has 10 heteroatoms. The third kappa shape index (κ3) is 6.11. The summed E-state index contributed by atoms with van der Waals surface area (Å²) in [6.45, 7) is 7.81. The van der Waals surface area contributed by atoms with Crippen molar-refractivity contribution in [3.05, 3.63) is 59.2 Å². The second kappa shape index (κ2) is 12.1. The number of nitrogens with zero attached hydrogens (tertiary/aromatic N) is 3. The van der Waals surface area contributed by atoms with Gasteiger partial charge in [0.1, 0.15) is 11.8 Å². The van der Waals surface area contributed by atoms with Crippen molar-refractivity contribution in [3.8, 4) is 5.75 Å². The molecule has 3 aliphatic rings. The molecule has 3 N–H and O–H groups in total. The van der Waals surface area contributed by atoms with E-state index >= 15 is 0 Å². The van der Waals surface area contributed by atoms with Crippen LogP contribution >= 0.6 is 12.4 Å². The van der Waals surface area contributed by atoms with Crippen molar-refractivity contribution in [1.82, 2.24) is 15.1 Å². The van der Waals surface area contributed by atoms with Crippen LogP contribution in [0, 0.1) is 0 Å². The van der Waals surface area contributed by atoms with Crippen molar-refractivity contribution < 1.29 is 19.1 Å². The van der Waals surface area contributed by atoms with Crippen molar-refractivity contribution in [2.24, 2.45) is 5.73 Å². The number of carbonyl (C=O) groups excluding carboxylic acids is 3. The molecule has 2 fully saturated rings. The number of fused-ring (bicyclic) bond motifs is 1. The van der Waals surface area contributed by atoms with Gasteiger partial charge in [-0.3, -0.25) is 24.6 Å². The number of ether oxygens (including phenoxy) is 1. The average molecular weight is 542 g/mol. The largest absolute Gasteiger partial charge is 0.494 e. The molecule has 0 saturated carbocycles. The lowest BCUT2D eigenvalue weighted by Gasteiger charge is -2.36. The topological polar surface area (TPSA) is 108 Å². The van der Waals surface area contributed by atoms with Crippen molar-refractivity contribution in [2.45, 2.75) is 44.8 Å². The summed E-state index contributed by atoms with van der Waals surface area (Å²) in [5, 5.41) is 2.36. The molecule has 2 atom stereocenters. The van der Waals surface area contributed by atoms with Gasteiger partial charge in [0.2, 0.25) is 11.8 Å². The minimum absolute atomic E-state index is 0. The summed E-state index contributed by atoms with van der Waals surface area (Å²) in [5.74, 6) is 0.0855. The number of benzene rings is 2. The van der Waals surface area contributed by atoms with Crippen molar-refractivity contribution >= 4 is 35.8 Å². The number of amides is 3. The molecule has 0 bridgehead atoms. The first-order chi connectivity index (χ1) is 17.9. The van der Waals surface area contributed by atoms with E-state index in [1.807, 2.05) is 43.3 Å². The fourth-order valence-corrected chi connectivity index (χ4v) is 5.35. The van der Waals surface area contributed by atoms with Crippen LogP contribution in [0.3, 0.4) is 0 Å². The molecule has 3 heterocycles. The third-order valence-electron chi connectivity index (χ3n) is 7.52. The molecule has 0 spiro atoms. The molecule has 2 saturated heterocycles. The lowest BCUT2D eigenvalue weighted by atomic mass is 10.0. The monoisotopic (exact) mass is 541 g/mol. The van der Waals surface area contributed by atoms with E-state index in [1.165, 1.54) is 0 Å². The Morgan fingerprint density at radius 3 is 2.61 bits per heavy atom. The van der Waals surface area contributed by atoms with Gasteiger partial charge < -0.3 is 20.3 Å². The van der Waals surface area contributed by atoms with Crippen LogP contribution in [0.1, 0.15) is 53.7 Å². The fraction of sp³-hybridized carbons (Fsp3) is 0.464.